The van der Waals surface area contributed by atoms with Gasteiger partial charge in [0.15, 0.2) is 0 Å². The molecule has 0 aromatic carbocycles. The molecule has 2 aliphatic rings. The topological polar surface area (TPSA) is 40.5 Å². The number of rotatable bonds is 1. The fourth-order valence-electron chi connectivity index (χ4n) is 3.33. The summed E-state index contributed by atoms with van der Waals surface area (Å²) in [5, 5.41) is 16.5. The molecule has 0 aliphatic heterocycles. The third-order valence-electron chi connectivity index (χ3n) is 4.47. The highest BCUT2D eigenvalue weighted by molar-refractivity contribution is 4.80. The van der Waals surface area contributed by atoms with E-state index in [1.165, 1.54) is 38.5 Å². The van der Waals surface area contributed by atoms with E-state index in [1.807, 2.05) is 0 Å². The van der Waals surface area contributed by atoms with E-state index < -0.39 is 0 Å². The first-order valence-corrected chi connectivity index (χ1v) is 6.88. The molecule has 0 aromatic rings. The van der Waals surface area contributed by atoms with Crippen LogP contribution in [0.1, 0.15) is 58.3 Å². The van der Waals surface area contributed by atoms with Gasteiger partial charge in [-0.15, -0.1) is 0 Å². The van der Waals surface area contributed by atoms with Gasteiger partial charge in [-0.05, 0) is 56.3 Å². The van der Waals surface area contributed by atoms with E-state index in [4.69, 9.17) is 5.11 Å². The highest BCUT2D eigenvalue weighted by Gasteiger charge is 2.29. The van der Waals surface area contributed by atoms with E-state index in [9.17, 15) is 5.11 Å². The first-order chi connectivity index (χ1) is 7.75. The standard InChI is InChI=1S/C13H24O.CH4O/c1-10-2-4-11(5-3-10)12-6-8-13(14)9-7-12;1-2/h10-14H,2-9H2,1H3;2H,1H3. The first kappa shape index (κ1) is 14.0. The van der Waals surface area contributed by atoms with Crippen molar-refractivity contribution in [3.05, 3.63) is 0 Å². The summed E-state index contributed by atoms with van der Waals surface area (Å²) in [4.78, 5) is 0. The van der Waals surface area contributed by atoms with Crippen molar-refractivity contribution in [3.63, 3.8) is 0 Å². The number of hydrogen-bond acceptors (Lipinski definition) is 2. The Kier molecular flexibility index (Phi) is 6.37. The summed E-state index contributed by atoms with van der Waals surface area (Å²) < 4.78 is 0. The quantitative estimate of drug-likeness (QED) is 0.724. The van der Waals surface area contributed by atoms with Crippen LogP contribution in [0.2, 0.25) is 0 Å². The van der Waals surface area contributed by atoms with Crippen LogP contribution in [0.15, 0.2) is 0 Å². The van der Waals surface area contributed by atoms with E-state index in [2.05, 4.69) is 6.92 Å². The molecular weight excluding hydrogens is 200 g/mol. The summed E-state index contributed by atoms with van der Waals surface area (Å²) in [6, 6.07) is 0. The molecule has 2 aliphatic carbocycles. The summed E-state index contributed by atoms with van der Waals surface area (Å²) in [6.07, 6.45) is 10.6. The van der Waals surface area contributed by atoms with E-state index in [0.29, 0.717) is 0 Å². The smallest absolute Gasteiger partial charge is 0.0540 e. The van der Waals surface area contributed by atoms with Gasteiger partial charge in [-0.25, -0.2) is 0 Å². The van der Waals surface area contributed by atoms with Crippen LogP contribution in [-0.2, 0) is 0 Å². The number of aliphatic hydroxyl groups excluding tert-OH is 2. The zero-order valence-electron chi connectivity index (χ0n) is 10.9. The van der Waals surface area contributed by atoms with Gasteiger partial charge >= 0.3 is 0 Å². The third-order valence-corrected chi connectivity index (χ3v) is 4.47. The average molecular weight is 228 g/mol. The number of aliphatic hydroxyl groups is 2. The Morgan fingerprint density at radius 1 is 0.688 bits per heavy atom. The molecule has 0 amide bonds. The van der Waals surface area contributed by atoms with Gasteiger partial charge in [-0.2, -0.15) is 0 Å². The van der Waals surface area contributed by atoms with Crippen LogP contribution in [0, 0.1) is 17.8 Å². The molecule has 0 spiro atoms. The molecule has 2 heteroatoms. The van der Waals surface area contributed by atoms with Crippen LogP contribution in [-0.4, -0.2) is 23.4 Å². The van der Waals surface area contributed by atoms with E-state index in [-0.39, 0.29) is 6.10 Å². The normalized spacial score (nSPS) is 39.8. The highest BCUT2D eigenvalue weighted by atomic mass is 16.3. The second kappa shape index (κ2) is 7.29. The minimum absolute atomic E-state index is 0.0220. The zero-order chi connectivity index (χ0) is 12.0. The monoisotopic (exact) mass is 228 g/mol. The molecule has 2 N–H and O–H groups in total. The summed E-state index contributed by atoms with van der Waals surface area (Å²) in [5.74, 6) is 2.92. The second-order valence-corrected chi connectivity index (χ2v) is 5.59. The molecule has 96 valence electrons. The molecule has 0 bridgehead atoms. The Morgan fingerprint density at radius 2 is 1.06 bits per heavy atom. The van der Waals surface area contributed by atoms with Gasteiger partial charge in [0.05, 0.1) is 6.10 Å². The lowest BCUT2D eigenvalue weighted by molar-refractivity contribution is 0.0780. The van der Waals surface area contributed by atoms with Crippen LogP contribution in [0.5, 0.6) is 0 Å². The van der Waals surface area contributed by atoms with Gasteiger partial charge in [0.25, 0.3) is 0 Å². The molecule has 0 saturated heterocycles. The second-order valence-electron chi connectivity index (χ2n) is 5.59. The van der Waals surface area contributed by atoms with Crippen molar-refractivity contribution in [1.29, 1.82) is 0 Å². The summed E-state index contributed by atoms with van der Waals surface area (Å²) >= 11 is 0. The molecule has 2 fully saturated rings. The zero-order valence-corrected chi connectivity index (χ0v) is 10.9. The van der Waals surface area contributed by atoms with Crippen molar-refractivity contribution in [2.45, 2.75) is 64.4 Å². The van der Waals surface area contributed by atoms with Crippen molar-refractivity contribution in [2.24, 2.45) is 17.8 Å². The van der Waals surface area contributed by atoms with Crippen molar-refractivity contribution in [1.82, 2.24) is 0 Å². The lowest BCUT2D eigenvalue weighted by atomic mass is 9.71. The van der Waals surface area contributed by atoms with Crippen LogP contribution < -0.4 is 0 Å². The highest BCUT2D eigenvalue weighted by Crippen LogP contribution is 2.39. The van der Waals surface area contributed by atoms with Crippen molar-refractivity contribution < 1.29 is 10.2 Å². The van der Waals surface area contributed by atoms with Crippen LogP contribution in [0.3, 0.4) is 0 Å². The average Bonchev–Trinajstić information content (AvgIpc) is 2.34. The summed E-state index contributed by atoms with van der Waals surface area (Å²) in [6.45, 7) is 2.39. The predicted octanol–water partition coefficient (Wildman–Crippen LogP) is 2.97. The van der Waals surface area contributed by atoms with Crippen molar-refractivity contribution in [3.8, 4) is 0 Å². The lowest BCUT2D eigenvalue weighted by Gasteiger charge is -2.36. The third kappa shape index (κ3) is 4.06. The largest absolute Gasteiger partial charge is 0.400 e. The Bertz CT molecular complexity index is 146. The molecule has 0 aromatic heterocycles. The van der Waals surface area contributed by atoms with Gasteiger partial charge < -0.3 is 10.2 Å². The van der Waals surface area contributed by atoms with Gasteiger partial charge in [-0.3, -0.25) is 0 Å². The maximum Gasteiger partial charge on any atom is 0.0540 e. The van der Waals surface area contributed by atoms with E-state index >= 15 is 0 Å². The molecule has 0 unspecified atom stereocenters. The van der Waals surface area contributed by atoms with E-state index in [0.717, 1.165) is 37.7 Å². The Balaban J connectivity index is 0.000000606. The maximum absolute atomic E-state index is 9.47. The van der Waals surface area contributed by atoms with Gasteiger partial charge in [0.1, 0.15) is 0 Å². The predicted molar refractivity (Wildman–Crippen MR) is 67.2 cm³/mol. The minimum atomic E-state index is 0.0220. The Hall–Kier alpha value is -0.0800. The van der Waals surface area contributed by atoms with Gasteiger partial charge in [0, 0.05) is 7.11 Å². The lowest BCUT2D eigenvalue weighted by Crippen LogP contribution is -2.26. The molecule has 0 atom stereocenters. The molecule has 2 nitrogen and oxygen atoms in total. The van der Waals surface area contributed by atoms with Crippen molar-refractivity contribution >= 4 is 0 Å². The van der Waals surface area contributed by atoms with Crippen molar-refractivity contribution in [2.75, 3.05) is 7.11 Å². The fourth-order valence-corrected chi connectivity index (χ4v) is 3.33. The molecule has 0 radical (unpaired) electrons. The molecule has 2 saturated carbocycles. The summed E-state index contributed by atoms with van der Waals surface area (Å²) in [7, 11) is 1.00. The summed E-state index contributed by atoms with van der Waals surface area (Å²) in [5.41, 5.74) is 0. The SMILES string of the molecule is CC1CCC(C2CCC(O)CC2)CC1.CO. The molecular formula is C14H28O2. The van der Waals surface area contributed by atoms with E-state index in [1.54, 1.807) is 0 Å². The maximum atomic E-state index is 9.47. The Morgan fingerprint density at radius 3 is 1.50 bits per heavy atom. The van der Waals surface area contributed by atoms with Crippen LogP contribution >= 0.6 is 0 Å². The van der Waals surface area contributed by atoms with Gasteiger partial charge in [0.2, 0.25) is 0 Å². The molecule has 0 heterocycles. The van der Waals surface area contributed by atoms with Crippen LogP contribution in [0.4, 0.5) is 0 Å². The number of hydrogen-bond donors (Lipinski definition) is 2. The minimum Gasteiger partial charge on any atom is -0.400 e. The van der Waals surface area contributed by atoms with Crippen LogP contribution in [0.25, 0.3) is 0 Å². The van der Waals surface area contributed by atoms with Gasteiger partial charge in [-0.1, -0.05) is 19.8 Å². The molecule has 16 heavy (non-hydrogen) atoms. The first-order valence-electron chi connectivity index (χ1n) is 6.88. The Labute approximate surface area is 100 Å². The molecule has 2 rings (SSSR count). The fraction of sp³-hybridized carbons (Fsp3) is 1.00.